The van der Waals surface area contributed by atoms with Crippen molar-refractivity contribution in [3.8, 4) is 11.5 Å². The van der Waals surface area contributed by atoms with E-state index in [2.05, 4.69) is 11.8 Å². The first-order chi connectivity index (χ1) is 9.20. The Bertz CT molecular complexity index is 470. The second-order valence-corrected chi connectivity index (χ2v) is 5.98. The van der Waals surface area contributed by atoms with Gasteiger partial charge in [-0.15, -0.1) is 0 Å². The van der Waals surface area contributed by atoms with E-state index in [0.717, 1.165) is 18.4 Å². The molecule has 1 heterocycles. The van der Waals surface area contributed by atoms with Crippen molar-refractivity contribution in [2.45, 2.75) is 45.1 Å². The molecule has 2 aliphatic rings. The summed E-state index contributed by atoms with van der Waals surface area (Å²) >= 11 is 0. The van der Waals surface area contributed by atoms with E-state index < -0.39 is 0 Å². The van der Waals surface area contributed by atoms with Gasteiger partial charge in [-0.3, -0.25) is 4.90 Å². The van der Waals surface area contributed by atoms with Gasteiger partial charge in [-0.25, -0.2) is 0 Å². The lowest BCUT2D eigenvalue weighted by Crippen LogP contribution is -2.49. The van der Waals surface area contributed by atoms with E-state index in [1.54, 1.807) is 6.07 Å². The molecule has 104 valence electrons. The van der Waals surface area contributed by atoms with E-state index in [0.29, 0.717) is 12.0 Å². The zero-order valence-electron chi connectivity index (χ0n) is 11.6. The standard InChI is InChI=1S/C16H23NO2/c1-2-7-17-8-3-4-12-9-13-11(10-14(12)17)5-6-15(18)16(13)19/h5-6,12,14,18-19H,2-4,7-10H2,1H3/t12?,14-/m1/s1. The van der Waals surface area contributed by atoms with Gasteiger partial charge in [0, 0.05) is 11.6 Å². The van der Waals surface area contributed by atoms with Crippen LogP contribution in [-0.2, 0) is 12.8 Å². The van der Waals surface area contributed by atoms with Crippen LogP contribution in [0.3, 0.4) is 0 Å². The first-order valence-electron chi connectivity index (χ1n) is 7.47. The molecule has 1 saturated heterocycles. The van der Waals surface area contributed by atoms with Crippen LogP contribution in [0, 0.1) is 5.92 Å². The van der Waals surface area contributed by atoms with E-state index >= 15 is 0 Å². The molecule has 0 amide bonds. The van der Waals surface area contributed by atoms with Crippen molar-refractivity contribution in [1.29, 1.82) is 0 Å². The van der Waals surface area contributed by atoms with Crippen LogP contribution in [0.15, 0.2) is 12.1 Å². The lowest BCUT2D eigenvalue weighted by Gasteiger charge is -2.44. The van der Waals surface area contributed by atoms with Crippen LogP contribution in [0.25, 0.3) is 0 Å². The first kappa shape index (κ1) is 12.8. The zero-order chi connectivity index (χ0) is 13.4. The largest absolute Gasteiger partial charge is 0.504 e. The quantitative estimate of drug-likeness (QED) is 0.804. The second-order valence-electron chi connectivity index (χ2n) is 5.98. The summed E-state index contributed by atoms with van der Waals surface area (Å²) < 4.78 is 0. The molecule has 0 bridgehead atoms. The molecule has 0 saturated carbocycles. The minimum Gasteiger partial charge on any atom is -0.504 e. The van der Waals surface area contributed by atoms with Gasteiger partial charge < -0.3 is 10.2 Å². The van der Waals surface area contributed by atoms with Crippen molar-refractivity contribution in [2.75, 3.05) is 13.1 Å². The van der Waals surface area contributed by atoms with Crippen LogP contribution in [0.1, 0.15) is 37.3 Å². The molecule has 1 aromatic rings. The monoisotopic (exact) mass is 261 g/mol. The molecule has 1 aromatic carbocycles. The molecule has 0 aromatic heterocycles. The van der Waals surface area contributed by atoms with Crippen LogP contribution >= 0.6 is 0 Å². The fraction of sp³-hybridized carbons (Fsp3) is 0.625. The summed E-state index contributed by atoms with van der Waals surface area (Å²) in [5, 5.41) is 19.7. The highest BCUT2D eigenvalue weighted by atomic mass is 16.3. The van der Waals surface area contributed by atoms with E-state index in [9.17, 15) is 10.2 Å². The number of rotatable bonds is 2. The van der Waals surface area contributed by atoms with Gasteiger partial charge in [-0.05, 0) is 62.7 Å². The number of fused-ring (bicyclic) bond motifs is 2. The van der Waals surface area contributed by atoms with Gasteiger partial charge in [-0.2, -0.15) is 0 Å². The van der Waals surface area contributed by atoms with Gasteiger partial charge in [0.05, 0.1) is 0 Å². The molecule has 2 N–H and O–H groups in total. The molecular weight excluding hydrogens is 238 g/mol. The molecule has 3 nitrogen and oxygen atoms in total. The van der Waals surface area contributed by atoms with Crippen LogP contribution < -0.4 is 0 Å². The Balaban J connectivity index is 1.90. The van der Waals surface area contributed by atoms with E-state index in [-0.39, 0.29) is 11.5 Å². The first-order valence-corrected chi connectivity index (χ1v) is 7.47. The lowest BCUT2D eigenvalue weighted by atomic mass is 9.75. The number of phenols is 2. The highest BCUT2D eigenvalue weighted by Gasteiger charge is 2.36. The van der Waals surface area contributed by atoms with Gasteiger partial charge in [0.1, 0.15) is 0 Å². The maximum Gasteiger partial charge on any atom is 0.160 e. The Hall–Kier alpha value is -1.22. The zero-order valence-corrected chi connectivity index (χ0v) is 11.6. The van der Waals surface area contributed by atoms with Crippen LogP contribution in [0.2, 0.25) is 0 Å². The Morgan fingerprint density at radius 1 is 1.26 bits per heavy atom. The highest BCUT2D eigenvalue weighted by molar-refractivity contribution is 5.50. The van der Waals surface area contributed by atoms with Crippen molar-refractivity contribution in [3.05, 3.63) is 23.3 Å². The predicted molar refractivity (Wildman–Crippen MR) is 75.6 cm³/mol. The smallest absolute Gasteiger partial charge is 0.160 e. The van der Waals surface area contributed by atoms with E-state index in [1.807, 2.05) is 6.07 Å². The SMILES string of the molecule is CCCN1CCCC2Cc3c(ccc(O)c3O)C[C@H]21. The molecule has 1 fully saturated rings. The molecule has 3 heteroatoms. The maximum absolute atomic E-state index is 10.0. The number of piperidine rings is 1. The summed E-state index contributed by atoms with van der Waals surface area (Å²) in [5.74, 6) is 0.780. The summed E-state index contributed by atoms with van der Waals surface area (Å²) in [4.78, 5) is 2.63. The van der Waals surface area contributed by atoms with Crippen molar-refractivity contribution >= 4 is 0 Å². The molecule has 0 spiro atoms. The molecule has 3 rings (SSSR count). The topological polar surface area (TPSA) is 43.7 Å². The normalized spacial score (nSPS) is 26.8. The maximum atomic E-state index is 10.0. The summed E-state index contributed by atoms with van der Waals surface area (Å²) in [7, 11) is 0. The Morgan fingerprint density at radius 2 is 2.11 bits per heavy atom. The molecule has 2 atom stereocenters. The summed E-state index contributed by atoms with van der Waals surface area (Å²) in [6.07, 6.45) is 5.65. The Labute approximate surface area is 114 Å². The van der Waals surface area contributed by atoms with Crippen LogP contribution in [0.4, 0.5) is 0 Å². The fourth-order valence-electron chi connectivity index (χ4n) is 3.88. The summed E-state index contributed by atoms with van der Waals surface area (Å²) in [5.41, 5.74) is 2.21. The number of hydrogen-bond acceptors (Lipinski definition) is 3. The Kier molecular flexibility index (Phi) is 3.40. The molecule has 1 unspecified atom stereocenters. The molecule has 0 radical (unpaired) electrons. The van der Waals surface area contributed by atoms with Gasteiger partial charge in [0.25, 0.3) is 0 Å². The average Bonchev–Trinajstić information content (AvgIpc) is 2.42. The summed E-state index contributed by atoms with van der Waals surface area (Å²) in [6, 6.07) is 4.24. The molecule has 1 aliphatic carbocycles. The number of hydrogen-bond donors (Lipinski definition) is 2. The minimum absolute atomic E-state index is 0.0263. The van der Waals surface area contributed by atoms with Crippen molar-refractivity contribution in [3.63, 3.8) is 0 Å². The number of aromatic hydroxyl groups is 2. The van der Waals surface area contributed by atoms with Crippen molar-refractivity contribution < 1.29 is 10.2 Å². The number of nitrogens with zero attached hydrogens (tertiary/aromatic N) is 1. The van der Waals surface area contributed by atoms with Crippen LogP contribution in [-0.4, -0.2) is 34.2 Å². The second kappa shape index (κ2) is 5.04. The highest BCUT2D eigenvalue weighted by Crippen LogP contribution is 2.41. The molecule has 1 aliphatic heterocycles. The lowest BCUT2D eigenvalue weighted by molar-refractivity contribution is 0.0848. The van der Waals surface area contributed by atoms with Gasteiger partial charge in [-0.1, -0.05) is 13.0 Å². The number of benzene rings is 1. The average molecular weight is 261 g/mol. The summed E-state index contributed by atoms with van der Waals surface area (Å²) in [6.45, 7) is 4.64. The molecular formula is C16H23NO2. The number of phenolic OH excluding ortho intramolecular Hbond substituents is 2. The third kappa shape index (κ3) is 2.20. The van der Waals surface area contributed by atoms with Gasteiger partial charge in [0.15, 0.2) is 11.5 Å². The van der Waals surface area contributed by atoms with E-state index in [4.69, 9.17) is 0 Å². The van der Waals surface area contributed by atoms with Crippen LogP contribution in [0.5, 0.6) is 11.5 Å². The van der Waals surface area contributed by atoms with Gasteiger partial charge >= 0.3 is 0 Å². The van der Waals surface area contributed by atoms with Gasteiger partial charge in [0.2, 0.25) is 0 Å². The van der Waals surface area contributed by atoms with E-state index in [1.165, 1.54) is 37.9 Å². The number of likely N-dealkylation sites (tertiary alicyclic amines) is 1. The third-order valence-electron chi connectivity index (χ3n) is 4.80. The Morgan fingerprint density at radius 3 is 2.89 bits per heavy atom. The minimum atomic E-state index is 0.0263. The third-order valence-corrected chi connectivity index (χ3v) is 4.80. The van der Waals surface area contributed by atoms with Crippen molar-refractivity contribution in [2.24, 2.45) is 5.92 Å². The predicted octanol–water partition coefficient (Wildman–Crippen LogP) is 2.69. The molecule has 19 heavy (non-hydrogen) atoms. The van der Waals surface area contributed by atoms with Crippen molar-refractivity contribution in [1.82, 2.24) is 4.90 Å². The fourth-order valence-corrected chi connectivity index (χ4v) is 3.88.